The van der Waals surface area contributed by atoms with Crippen molar-refractivity contribution in [1.82, 2.24) is 9.38 Å². The van der Waals surface area contributed by atoms with Gasteiger partial charge in [0.25, 0.3) is 0 Å². The van der Waals surface area contributed by atoms with Crippen molar-refractivity contribution < 1.29 is 4.42 Å². The van der Waals surface area contributed by atoms with Gasteiger partial charge < -0.3 is 8.82 Å². The Kier molecular flexibility index (Phi) is 3.05. The van der Waals surface area contributed by atoms with Crippen LogP contribution < -0.4 is 0 Å². The summed E-state index contributed by atoms with van der Waals surface area (Å²) in [5.41, 5.74) is 2.16. The van der Waals surface area contributed by atoms with Crippen LogP contribution in [0.1, 0.15) is 5.69 Å². The van der Waals surface area contributed by atoms with Gasteiger partial charge >= 0.3 is 0 Å². The molecule has 3 rings (SSSR count). The minimum Gasteiger partial charge on any atom is -0.448 e. The highest BCUT2D eigenvalue weighted by atomic mass is 79.9. The van der Waals surface area contributed by atoms with Crippen molar-refractivity contribution in [1.29, 1.82) is 5.26 Å². The van der Waals surface area contributed by atoms with Crippen LogP contribution in [0.3, 0.4) is 0 Å². The summed E-state index contributed by atoms with van der Waals surface area (Å²) in [6.45, 7) is 0. The van der Waals surface area contributed by atoms with E-state index < -0.39 is 0 Å². The molecule has 0 saturated heterocycles. The quantitative estimate of drug-likeness (QED) is 0.708. The lowest BCUT2D eigenvalue weighted by atomic mass is 10.2. The third-order valence-electron chi connectivity index (χ3n) is 2.73. The summed E-state index contributed by atoms with van der Waals surface area (Å²) in [6, 6.07) is 9.33. The Labute approximate surface area is 122 Å². The Hall–Kier alpha value is -1.77. The van der Waals surface area contributed by atoms with Crippen LogP contribution in [-0.4, -0.2) is 9.38 Å². The van der Waals surface area contributed by atoms with Crippen molar-refractivity contribution in [2.24, 2.45) is 0 Å². The number of hydrogen-bond donors (Lipinski definition) is 0. The van der Waals surface area contributed by atoms with Crippen LogP contribution >= 0.6 is 27.5 Å². The minimum atomic E-state index is 0.231. The normalized spacial score (nSPS) is 10.8. The first-order valence-corrected chi connectivity index (χ1v) is 6.65. The molecule has 0 aliphatic heterocycles. The van der Waals surface area contributed by atoms with E-state index in [4.69, 9.17) is 21.3 Å². The Bertz CT molecular complexity index is 800. The lowest BCUT2D eigenvalue weighted by molar-refractivity contribution is 0.553. The summed E-state index contributed by atoms with van der Waals surface area (Å²) in [5, 5.41) is 9.57. The van der Waals surface area contributed by atoms with E-state index in [1.54, 1.807) is 18.3 Å². The highest BCUT2D eigenvalue weighted by Crippen LogP contribution is 2.29. The van der Waals surface area contributed by atoms with Gasteiger partial charge in [0.1, 0.15) is 11.3 Å². The first-order chi connectivity index (χ1) is 9.19. The fourth-order valence-corrected chi connectivity index (χ4v) is 2.42. The summed E-state index contributed by atoms with van der Waals surface area (Å²) in [6.07, 6.45) is 1.98. The number of aromatic nitrogens is 2. The molecule has 3 aromatic rings. The van der Waals surface area contributed by atoms with Gasteiger partial charge in [-0.3, -0.25) is 0 Å². The molecule has 3 heterocycles. The Balaban J connectivity index is 2.29. The predicted octanol–water partition coefficient (Wildman–Crippen LogP) is 4.08. The van der Waals surface area contributed by atoms with E-state index in [1.807, 2.05) is 16.5 Å². The van der Waals surface area contributed by atoms with E-state index in [9.17, 15) is 0 Å². The van der Waals surface area contributed by atoms with Crippen LogP contribution in [0.5, 0.6) is 0 Å². The molecule has 0 atom stereocenters. The van der Waals surface area contributed by atoms with E-state index in [0.29, 0.717) is 21.1 Å². The number of fused-ring (bicyclic) bond motifs is 1. The number of halogens is 2. The van der Waals surface area contributed by atoms with Gasteiger partial charge in [0.05, 0.1) is 23.2 Å². The maximum absolute atomic E-state index is 8.98. The topological polar surface area (TPSA) is 54.2 Å². The van der Waals surface area contributed by atoms with E-state index in [-0.39, 0.29) is 6.42 Å². The number of pyridine rings is 1. The summed E-state index contributed by atoms with van der Waals surface area (Å²) in [4.78, 5) is 4.49. The van der Waals surface area contributed by atoms with Gasteiger partial charge in [0.2, 0.25) is 0 Å². The zero-order valence-electron chi connectivity index (χ0n) is 9.60. The van der Waals surface area contributed by atoms with Crippen LogP contribution in [0.4, 0.5) is 0 Å². The van der Waals surface area contributed by atoms with Crippen molar-refractivity contribution in [3.05, 3.63) is 45.8 Å². The largest absolute Gasteiger partial charge is 0.448 e. The van der Waals surface area contributed by atoms with E-state index >= 15 is 0 Å². The zero-order chi connectivity index (χ0) is 13.4. The van der Waals surface area contributed by atoms with Gasteiger partial charge in [-0.05, 0) is 40.2 Å². The molecule has 94 valence electrons. The zero-order valence-corrected chi connectivity index (χ0v) is 11.9. The highest BCUT2D eigenvalue weighted by Gasteiger charge is 2.16. The number of nitrogens with zero attached hydrogens (tertiary/aromatic N) is 3. The number of nitriles is 1. The molecule has 0 amide bonds. The lowest BCUT2D eigenvalue weighted by Crippen LogP contribution is -1.92. The maximum atomic E-state index is 8.98. The second-order valence-electron chi connectivity index (χ2n) is 3.92. The Morgan fingerprint density at radius 2 is 2.21 bits per heavy atom. The summed E-state index contributed by atoms with van der Waals surface area (Å²) in [5.74, 6) is 0.622. The predicted molar refractivity (Wildman–Crippen MR) is 74.9 cm³/mol. The molecule has 19 heavy (non-hydrogen) atoms. The maximum Gasteiger partial charge on any atom is 0.169 e. The van der Waals surface area contributed by atoms with Gasteiger partial charge in [0.15, 0.2) is 10.4 Å². The molecule has 0 aromatic carbocycles. The van der Waals surface area contributed by atoms with Crippen LogP contribution in [0.15, 0.2) is 39.5 Å². The molecule has 0 aliphatic carbocycles. The van der Waals surface area contributed by atoms with Gasteiger partial charge in [-0.1, -0.05) is 11.6 Å². The van der Waals surface area contributed by atoms with Gasteiger partial charge in [-0.25, -0.2) is 4.98 Å². The molecular formula is C13H7BrClN3O. The number of imidazole rings is 1. The van der Waals surface area contributed by atoms with Crippen LogP contribution in [0, 0.1) is 11.3 Å². The fourth-order valence-electron chi connectivity index (χ4n) is 1.95. The van der Waals surface area contributed by atoms with Crippen molar-refractivity contribution in [2.45, 2.75) is 6.42 Å². The fraction of sp³-hybridized carbons (Fsp3) is 0.0769. The van der Waals surface area contributed by atoms with Gasteiger partial charge in [0, 0.05) is 6.20 Å². The average molecular weight is 337 g/mol. The third kappa shape index (κ3) is 2.14. The summed E-state index contributed by atoms with van der Waals surface area (Å²) >= 11 is 9.25. The third-order valence-corrected chi connectivity index (χ3v) is 3.38. The molecule has 0 N–H and O–H groups in total. The van der Waals surface area contributed by atoms with E-state index in [2.05, 4.69) is 27.0 Å². The van der Waals surface area contributed by atoms with Gasteiger partial charge in [-0.15, -0.1) is 0 Å². The van der Waals surface area contributed by atoms with E-state index in [1.165, 1.54) is 0 Å². The molecule has 0 aliphatic rings. The summed E-state index contributed by atoms with van der Waals surface area (Å²) in [7, 11) is 0. The molecule has 0 bridgehead atoms. The number of rotatable bonds is 2. The second-order valence-corrected chi connectivity index (χ2v) is 5.14. The van der Waals surface area contributed by atoms with Crippen LogP contribution in [-0.2, 0) is 6.42 Å². The average Bonchev–Trinajstić information content (AvgIpc) is 2.95. The molecule has 6 heteroatoms. The Morgan fingerprint density at radius 3 is 2.89 bits per heavy atom. The second kappa shape index (κ2) is 4.72. The van der Waals surface area contributed by atoms with Crippen LogP contribution in [0.2, 0.25) is 5.02 Å². The number of hydrogen-bond acceptors (Lipinski definition) is 3. The molecular weight excluding hydrogens is 330 g/mol. The highest BCUT2D eigenvalue weighted by molar-refractivity contribution is 9.10. The minimum absolute atomic E-state index is 0.231. The molecule has 0 fully saturated rings. The Morgan fingerprint density at radius 1 is 1.37 bits per heavy atom. The van der Waals surface area contributed by atoms with Crippen LogP contribution in [0.25, 0.3) is 17.1 Å². The first kappa shape index (κ1) is 12.3. The monoisotopic (exact) mass is 335 g/mol. The van der Waals surface area contributed by atoms with Crippen molar-refractivity contribution >= 4 is 33.2 Å². The SMILES string of the molecule is N#CCc1c(-c2ccc(Br)o2)nc2ccc(Cl)cn12. The van der Waals surface area contributed by atoms with E-state index in [0.717, 1.165) is 11.3 Å². The molecule has 0 unspecified atom stereocenters. The molecule has 0 spiro atoms. The molecule has 4 nitrogen and oxygen atoms in total. The molecule has 0 saturated carbocycles. The first-order valence-electron chi connectivity index (χ1n) is 5.48. The van der Waals surface area contributed by atoms with Crippen molar-refractivity contribution in [2.75, 3.05) is 0 Å². The van der Waals surface area contributed by atoms with Crippen molar-refractivity contribution in [3.63, 3.8) is 0 Å². The summed E-state index contributed by atoms with van der Waals surface area (Å²) < 4.78 is 7.96. The smallest absolute Gasteiger partial charge is 0.169 e. The molecule has 0 radical (unpaired) electrons. The van der Waals surface area contributed by atoms with Crippen molar-refractivity contribution in [3.8, 4) is 17.5 Å². The number of furan rings is 1. The lowest BCUT2D eigenvalue weighted by Gasteiger charge is -1.99. The standard InChI is InChI=1S/C13H7BrClN3O/c14-11-3-2-10(19-11)13-9(5-6-16)18-7-8(15)1-4-12(18)17-13/h1-4,7H,5H2. The molecule has 3 aromatic heterocycles. The van der Waals surface area contributed by atoms with Gasteiger partial charge in [-0.2, -0.15) is 5.26 Å².